The first-order chi connectivity index (χ1) is 8.52. The third-order valence-electron chi connectivity index (χ3n) is 2.80. The predicted molar refractivity (Wildman–Crippen MR) is 70.2 cm³/mol. The summed E-state index contributed by atoms with van der Waals surface area (Å²) in [5, 5.41) is 3.15. The highest BCUT2D eigenvalue weighted by Gasteiger charge is 2.17. The van der Waals surface area contributed by atoms with Gasteiger partial charge in [0.05, 0.1) is 5.75 Å². The lowest BCUT2D eigenvalue weighted by atomic mass is 10.1. The molecule has 0 unspecified atom stereocenters. The van der Waals surface area contributed by atoms with Crippen LogP contribution in [0.2, 0.25) is 0 Å². The molecule has 1 amide bonds. The quantitative estimate of drug-likeness (QED) is 0.858. The summed E-state index contributed by atoms with van der Waals surface area (Å²) in [6.45, 7) is 2.61. The highest BCUT2D eigenvalue weighted by atomic mass is 32.2. The summed E-state index contributed by atoms with van der Waals surface area (Å²) >= 11 is 0. The second-order valence-corrected chi connectivity index (χ2v) is 6.14. The van der Waals surface area contributed by atoms with Gasteiger partial charge in [0.2, 0.25) is 10.0 Å². The molecule has 1 heterocycles. The normalized spacial score (nSPS) is 13.8. The lowest BCUT2D eigenvalue weighted by Gasteiger charge is -2.07. The number of anilines is 1. The molecule has 1 aromatic carbocycles. The van der Waals surface area contributed by atoms with E-state index in [9.17, 15) is 13.2 Å². The van der Waals surface area contributed by atoms with Crippen molar-refractivity contribution in [2.75, 3.05) is 17.6 Å². The van der Waals surface area contributed by atoms with Crippen LogP contribution in [0.4, 0.5) is 5.69 Å². The summed E-state index contributed by atoms with van der Waals surface area (Å²) in [7, 11) is -3.51. The standard InChI is InChI=1S/C12H16N2O3S/c1-2-7-18(16,17)14-12(15)10-4-3-9-5-6-13-11(9)8-10/h3-4,8,13H,2,5-7H2,1H3,(H,14,15). The molecule has 0 saturated carbocycles. The van der Waals surface area contributed by atoms with Crippen LogP contribution in [0.5, 0.6) is 0 Å². The van der Waals surface area contributed by atoms with Crippen molar-refractivity contribution in [2.45, 2.75) is 19.8 Å². The van der Waals surface area contributed by atoms with Gasteiger partial charge in [-0.2, -0.15) is 0 Å². The minimum Gasteiger partial charge on any atom is -0.384 e. The fourth-order valence-electron chi connectivity index (χ4n) is 1.95. The van der Waals surface area contributed by atoms with E-state index in [0.717, 1.165) is 24.2 Å². The highest BCUT2D eigenvalue weighted by Crippen LogP contribution is 2.23. The van der Waals surface area contributed by atoms with Gasteiger partial charge in [0.15, 0.2) is 0 Å². The molecule has 98 valence electrons. The van der Waals surface area contributed by atoms with E-state index < -0.39 is 15.9 Å². The third kappa shape index (κ3) is 2.81. The summed E-state index contributed by atoms with van der Waals surface area (Å²) in [4.78, 5) is 11.8. The Morgan fingerprint density at radius 3 is 2.94 bits per heavy atom. The lowest BCUT2D eigenvalue weighted by molar-refractivity contribution is 0.0981. The van der Waals surface area contributed by atoms with Gasteiger partial charge in [-0.15, -0.1) is 0 Å². The van der Waals surface area contributed by atoms with Gasteiger partial charge in [0, 0.05) is 17.8 Å². The summed E-state index contributed by atoms with van der Waals surface area (Å²) in [5.74, 6) is -0.609. The zero-order valence-corrected chi connectivity index (χ0v) is 11.0. The van der Waals surface area contributed by atoms with Gasteiger partial charge in [0.1, 0.15) is 0 Å². The molecule has 1 aromatic rings. The van der Waals surface area contributed by atoms with E-state index in [1.165, 1.54) is 0 Å². The maximum absolute atomic E-state index is 11.8. The topological polar surface area (TPSA) is 75.3 Å². The number of rotatable bonds is 4. The van der Waals surface area contributed by atoms with Gasteiger partial charge < -0.3 is 5.32 Å². The van der Waals surface area contributed by atoms with Gasteiger partial charge in [0.25, 0.3) is 5.91 Å². The molecule has 2 rings (SSSR count). The smallest absolute Gasteiger partial charge is 0.264 e. The van der Waals surface area contributed by atoms with Crippen molar-refractivity contribution in [3.05, 3.63) is 29.3 Å². The van der Waals surface area contributed by atoms with Crippen molar-refractivity contribution in [3.63, 3.8) is 0 Å². The number of hydrogen-bond donors (Lipinski definition) is 2. The number of benzene rings is 1. The van der Waals surface area contributed by atoms with Gasteiger partial charge in [-0.3, -0.25) is 4.79 Å². The van der Waals surface area contributed by atoms with Crippen LogP contribution >= 0.6 is 0 Å². The second-order valence-electron chi connectivity index (χ2n) is 4.30. The van der Waals surface area contributed by atoms with E-state index >= 15 is 0 Å². The SMILES string of the molecule is CCCS(=O)(=O)NC(=O)c1ccc2c(c1)NCC2. The fourth-order valence-corrected chi connectivity index (χ4v) is 2.99. The average molecular weight is 268 g/mol. The van der Waals surface area contributed by atoms with Crippen molar-refractivity contribution in [1.82, 2.24) is 4.72 Å². The van der Waals surface area contributed by atoms with E-state index in [1.807, 2.05) is 6.07 Å². The Morgan fingerprint density at radius 1 is 1.44 bits per heavy atom. The number of fused-ring (bicyclic) bond motifs is 1. The first-order valence-corrected chi connectivity index (χ1v) is 7.58. The Kier molecular flexibility index (Phi) is 3.56. The zero-order valence-electron chi connectivity index (χ0n) is 10.2. The van der Waals surface area contributed by atoms with Crippen LogP contribution < -0.4 is 10.0 Å². The van der Waals surface area contributed by atoms with Crippen LogP contribution in [-0.4, -0.2) is 26.6 Å². The van der Waals surface area contributed by atoms with Crippen molar-refractivity contribution in [2.24, 2.45) is 0 Å². The Bertz CT molecular complexity index is 567. The summed E-state index contributed by atoms with van der Waals surface area (Å²) in [6, 6.07) is 5.21. The molecule has 0 fully saturated rings. The zero-order chi connectivity index (χ0) is 13.2. The number of carbonyl (C=O) groups excluding carboxylic acids is 1. The van der Waals surface area contributed by atoms with Gasteiger partial charge >= 0.3 is 0 Å². The van der Waals surface area contributed by atoms with Crippen molar-refractivity contribution in [3.8, 4) is 0 Å². The molecule has 0 atom stereocenters. The van der Waals surface area contributed by atoms with Crippen molar-refractivity contribution in [1.29, 1.82) is 0 Å². The number of carbonyl (C=O) groups is 1. The monoisotopic (exact) mass is 268 g/mol. The predicted octanol–water partition coefficient (Wildman–Crippen LogP) is 1.12. The van der Waals surface area contributed by atoms with E-state index in [-0.39, 0.29) is 5.75 Å². The van der Waals surface area contributed by atoms with Crippen LogP contribution in [-0.2, 0) is 16.4 Å². The maximum Gasteiger partial charge on any atom is 0.264 e. The molecular weight excluding hydrogens is 252 g/mol. The Labute approximate surface area is 107 Å². The van der Waals surface area contributed by atoms with E-state index in [1.54, 1.807) is 19.1 Å². The summed E-state index contributed by atoms with van der Waals surface area (Å²) in [5.41, 5.74) is 2.43. The number of nitrogens with one attached hydrogen (secondary N) is 2. The third-order valence-corrected chi connectivity index (χ3v) is 4.25. The first-order valence-electron chi connectivity index (χ1n) is 5.93. The molecule has 0 radical (unpaired) electrons. The average Bonchev–Trinajstić information content (AvgIpc) is 2.74. The number of amides is 1. The van der Waals surface area contributed by atoms with Gasteiger partial charge in [-0.1, -0.05) is 13.0 Å². The Hall–Kier alpha value is -1.56. The van der Waals surface area contributed by atoms with E-state index in [4.69, 9.17) is 0 Å². The van der Waals surface area contributed by atoms with Gasteiger partial charge in [-0.25, -0.2) is 13.1 Å². The molecule has 0 bridgehead atoms. The molecule has 0 spiro atoms. The van der Waals surface area contributed by atoms with Crippen LogP contribution in [0.15, 0.2) is 18.2 Å². The van der Waals surface area contributed by atoms with Gasteiger partial charge in [-0.05, 0) is 30.5 Å². The molecule has 18 heavy (non-hydrogen) atoms. The Balaban J connectivity index is 2.15. The second kappa shape index (κ2) is 4.97. The molecule has 0 saturated heterocycles. The molecule has 1 aliphatic rings. The molecule has 1 aliphatic heterocycles. The van der Waals surface area contributed by atoms with E-state index in [0.29, 0.717) is 12.0 Å². The number of hydrogen-bond acceptors (Lipinski definition) is 4. The summed E-state index contributed by atoms with van der Waals surface area (Å²) in [6.07, 6.45) is 1.42. The van der Waals surface area contributed by atoms with E-state index in [2.05, 4.69) is 10.0 Å². The number of sulfonamides is 1. The Morgan fingerprint density at radius 2 is 2.22 bits per heavy atom. The molecule has 2 N–H and O–H groups in total. The fraction of sp³-hybridized carbons (Fsp3) is 0.417. The summed E-state index contributed by atoms with van der Waals surface area (Å²) < 4.78 is 25.1. The highest BCUT2D eigenvalue weighted by molar-refractivity contribution is 7.90. The minimum absolute atomic E-state index is 0.0398. The lowest BCUT2D eigenvalue weighted by Crippen LogP contribution is -2.32. The molecule has 0 aromatic heterocycles. The molecule has 6 heteroatoms. The molecule has 0 aliphatic carbocycles. The molecule has 5 nitrogen and oxygen atoms in total. The van der Waals surface area contributed by atoms with Crippen molar-refractivity contribution >= 4 is 21.6 Å². The van der Waals surface area contributed by atoms with Crippen LogP contribution in [0.25, 0.3) is 0 Å². The maximum atomic E-state index is 11.8. The first kappa shape index (κ1) is 12.9. The van der Waals surface area contributed by atoms with Crippen LogP contribution in [0, 0.1) is 0 Å². The largest absolute Gasteiger partial charge is 0.384 e. The van der Waals surface area contributed by atoms with Crippen molar-refractivity contribution < 1.29 is 13.2 Å². The molecular formula is C12H16N2O3S. The van der Waals surface area contributed by atoms with Crippen LogP contribution in [0.1, 0.15) is 29.3 Å². The minimum atomic E-state index is -3.51. The van der Waals surface area contributed by atoms with Crippen LogP contribution in [0.3, 0.4) is 0 Å².